The number of hydrogen-bond acceptors (Lipinski definition) is 6. The first kappa shape index (κ1) is 22.7. The van der Waals surface area contributed by atoms with Crippen LogP contribution in [0.4, 0.5) is 11.4 Å². The number of amides is 2. The van der Waals surface area contributed by atoms with E-state index in [1.165, 1.54) is 6.20 Å². The summed E-state index contributed by atoms with van der Waals surface area (Å²) < 4.78 is 1.73. The van der Waals surface area contributed by atoms with Gasteiger partial charge in [0.1, 0.15) is 5.65 Å². The molecule has 35 heavy (non-hydrogen) atoms. The fraction of sp³-hybridized carbons (Fsp3) is 0.320. The van der Waals surface area contributed by atoms with Gasteiger partial charge in [-0.25, -0.2) is 4.98 Å². The average molecular weight is 473 g/mol. The van der Waals surface area contributed by atoms with E-state index < -0.39 is 0 Å². The molecule has 1 atom stereocenters. The number of carbonyl (C=O) groups is 2. The molecule has 0 aromatic carbocycles. The predicted molar refractivity (Wildman–Crippen MR) is 134 cm³/mol. The Morgan fingerprint density at radius 3 is 2.74 bits per heavy atom. The van der Waals surface area contributed by atoms with Gasteiger partial charge >= 0.3 is 0 Å². The number of nitrogens with one attached hydrogen (secondary N) is 3. The number of nitrogens with zero attached hydrogens (tertiary/aromatic N) is 5. The summed E-state index contributed by atoms with van der Waals surface area (Å²) in [5, 5.41) is 10.8. The standard InChI is InChI=1S/C25H28N8O2/c1-15-4-5-33(12-15)14-23(34)30-21-8-20(11-26-16(21)2)29-25(35)18-6-17-7-22(31-24(17)27-9-18)19-10-28-32(3)13-19/h6-11,13,15H,4-5,12,14H2,1-3H3,(H,27,31)(H,29,35)(H,30,34). The molecule has 1 fully saturated rings. The molecule has 0 bridgehead atoms. The van der Waals surface area contributed by atoms with Crippen LogP contribution in [0.3, 0.4) is 0 Å². The maximum atomic E-state index is 12.9. The SMILES string of the molecule is Cc1ncc(NC(=O)c2cnc3[nH]c(-c4cnn(C)c4)cc3c2)cc1NC(=O)CN1CCC(C)C1. The zero-order chi connectivity index (χ0) is 24.5. The third-order valence-corrected chi connectivity index (χ3v) is 6.24. The Bertz CT molecular complexity index is 1410. The Morgan fingerprint density at radius 2 is 2.00 bits per heavy atom. The van der Waals surface area contributed by atoms with Crippen LogP contribution < -0.4 is 10.6 Å². The number of rotatable bonds is 6. The molecule has 10 nitrogen and oxygen atoms in total. The van der Waals surface area contributed by atoms with Crippen LogP contribution in [0.1, 0.15) is 29.4 Å². The molecule has 5 rings (SSSR count). The van der Waals surface area contributed by atoms with Gasteiger partial charge in [-0.05, 0) is 44.0 Å². The minimum Gasteiger partial charge on any atom is -0.339 e. The van der Waals surface area contributed by atoms with Gasteiger partial charge in [0.25, 0.3) is 5.91 Å². The van der Waals surface area contributed by atoms with Gasteiger partial charge in [0.2, 0.25) is 5.91 Å². The minimum atomic E-state index is -0.308. The number of hydrogen-bond donors (Lipinski definition) is 3. The molecule has 0 aliphatic carbocycles. The van der Waals surface area contributed by atoms with Crippen molar-refractivity contribution in [3.63, 3.8) is 0 Å². The lowest BCUT2D eigenvalue weighted by Crippen LogP contribution is -2.31. The van der Waals surface area contributed by atoms with Crippen molar-refractivity contribution >= 4 is 34.2 Å². The van der Waals surface area contributed by atoms with Gasteiger partial charge in [-0.3, -0.25) is 24.2 Å². The molecule has 4 aromatic rings. The Hall–Kier alpha value is -4.05. The fourth-order valence-electron chi connectivity index (χ4n) is 4.35. The van der Waals surface area contributed by atoms with Crippen LogP contribution in [0.5, 0.6) is 0 Å². The molecule has 180 valence electrons. The quantitative estimate of drug-likeness (QED) is 0.396. The van der Waals surface area contributed by atoms with Gasteiger partial charge in [0, 0.05) is 36.9 Å². The molecule has 10 heteroatoms. The molecule has 4 aromatic heterocycles. The van der Waals surface area contributed by atoms with Crippen LogP contribution in [0, 0.1) is 12.8 Å². The third kappa shape index (κ3) is 5.07. The first-order chi connectivity index (χ1) is 16.8. The maximum absolute atomic E-state index is 12.9. The van der Waals surface area contributed by atoms with Crippen molar-refractivity contribution in [2.24, 2.45) is 13.0 Å². The van der Waals surface area contributed by atoms with Gasteiger partial charge < -0.3 is 15.6 Å². The summed E-state index contributed by atoms with van der Waals surface area (Å²) in [5.41, 5.74) is 4.69. The average Bonchev–Trinajstić information content (AvgIpc) is 3.55. The smallest absolute Gasteiger partial charge is 0.257 e. The lowest BCUT2D eigenvalue weighted by molar-refractivity contribution is -0.117. The van der Waals surface area contributed by atoms with Crippen molar-refractivity contribution in [2.75, 3.05) is 30.3 Å². The van der Waals surface area contributed by atoms with Crippen molar-refractivity contribution in [1.29, 1.82) is 0 Å². The molecule has 0 spiro atoms. The van der Waals surface area contributed by atoms with Crippen molar-refractivity contribution in [2.45, 2.75) is 20.3 Å². The van der Waals surface area contributed by atoms with Crippen LogP contribution >= 0.6 is 0 Å². The van der Waals surface area contributed by atoms with Gasteiger partial charge in [0.05, 0.1) is 47.3 Å². The first-order valence-electron chi connectivity index (χ1n) is 11.6. The van der Waals surface area contributed by atoms with Crippen molar-refractivity contribution in [3.05, 3.63) is 54.2 Å². The molecule has 1 aliphatic rings. The molecule has 1 unspecified atom stereocenters. The van der Waals surface area contributed by atoms with Crippen LogP contribution in [0.2, 0.25) is 0 Å². The number of carbonyl (C=O) groups excluding carboxylic acids is 2. The summed E-state index contributed by atoms with van der Waals surface area (Å²) in [4.78, 5) is 39.6. The van der Waals surface area contributed by atoms with Crippen LogP contribution in [-0.4, -0.2) is 61.1 Å². The highest BCUT2D eigenvalue weighted by molar-refractivity contribution is 6.06. The maximum Gasteiger partial charge on any atom is 0.257 e. The Morgan fingerprint density at radius 1 is 1.14 bits per heavy atom. The van der Waals surface area contributed by atoms with Gasteiger partial charge in [-0.2, -0.15) is 5.10 Å². The highest BCUT2D eigenvalue weighted by Gasteiger charge is 2.21. The minimum absolute atomic E-state index is 0.0843. The summed E-state index contributed by atoms with van der Waals surface area (Å²) in [6.07, 6.45) is 7.90. The second kappa shape index (κ2) is 9.30. The lowest BCUT2D eigenvalue weighted by Gasteiger charge is -2.16. The fourth-order valence-corrected chi connectivity index (χ4v) is 4.35. The number of likely N-dealkylation sites (tertiary alicyclic amines) is 1. The number of fused-ring (bicyclic) bond motifs is 1. The highest BCUT2D eigenvalue weighted by Crippen LogP contribution is 2.24. The summed E-state index contributed by atoms with van der Waals surface area (Å²) >= 11 is 0. The van der Waals surface area contributed by atoms with Crippen molar-refractivity contribution in [3.8, 4) is 11.3 Å². The first-order valence-corrected chi connectivity index (χ1v) is 11.6. The van der Waals surface area contributed by atoms with E-state index >= 15 is 0 Å². The molecule has 3 N–H and O–H groups in total. The number of pyridine rings is 2. The van der Waals surface area contributed by atoms with E-state index in [1.807, 2.05) is 26.2 Å². The summed E-state index contributed by atoms with van der Waals surface area (Å²) in [6.45, 7) is 6.24. The molecule has 0 radical (unpaired) electrons. The Balaban J connectivity index is 1.28. The second-order valence-corrected chi connectivity index (χ2v) is 9.24. The second-order valence-electron chi connectivity index (χ2n) is 9.24. The van der Waals surface area contributed by atoms with E-state index in [2.05, 4.69) is 42.5 Å². The van der Waals surface area contributed by atoms with E-state index in [1.54, 1.807) is 29.2 Å². The zero-order valence-electron chi connectivity index (χ0n) is 20.0. The summed E-state index contributed by atoms with van der Waals surface area (Å²) in [7, 11) is 1.86. The monoisotopic (exact) mass is 472 g/mol. The normalized spacial score (nSPS) is 16.0. The predicted octanol–water partition coefficient (Wildman–Crippen LogP) is 3.20. The number of aromatic nitrogens is 5. The summed E-state index contributed by atoms with van der Waals surface area (Å²) in [5.74, 6) is 0.225. The van der Waals surface area contributed by atoms with E-state index in [4.69, 9.17) is 0 Å². The largest absolute Gasteiger partial charge is 0.339 e. The number of aryl methyl sites for hydroxylation is 2. The summed E-state index contributed by atoms with van der Waals surface area (Å²) in [6, 6.07) is 5.46. The van der Waals surface area contributed by atoms with E-state index in [9.17, 15) is 9.59 Å². The number of anilines is 2. The Kier molecular flexibility index (Phi) is 6.04. The van der Waals surface area contributed by atoms with Crippen molar-refractivity contribution < 1.29 is 9.59 Å². The molecular weight excluding hydrogens is 444 g/mol. The van der Waals surface area contributed by atoms with E-state index in [0.717, 1.165) is 36.2 Å². The van der Waals surface area contributed by atoms with E-state index in [-0.39, 0.29) is 11.8 Å². The highest BCUT2D eigenvalue weighted by atomic mass is 16.2. The van der Waals surface area contributed by atoms with Crippen LogP contribution in [0.25, 0.3) is 22.3 Å². The molecule has 2 amide bonds. The number of H-pyrrole nitrogens is 1. The number of aromatic amines is 1. The topological polar surface area (TPSA) is 121 Å². The molecule has 1 saturated heterocycles. The van der Waals surface area contributed by atoms with Crippen LogP contribution in [0.15, 0.2) is 43.0 Å². The van der Waals surface area contributed by atoms with Gasteiger partial charge in [0.15, 0.2) is 0 Å². The lowest BCUT2D eigenvalue weighted by atomic mass is 10.2. The third-order valence-electron chi connectivity index (χ3n) is 6.24. The molecule has 1 aliphatic heterocycles. The Labute approximate surface area is 202 Å². The van der Waals surface area contributed by atoms with Crippen molar-refractivity contribution in [1.82, 2.24) is 29.6 Å². The van der Waals surface area contributed by atoms with Gasteiger partial charge in [-0.15, -0.1) is 0 Å². The zero-order valence-corrected chi connectivity index (χ0v) is 20.0. The molecule has 5 heterocycles. The molecular formula is C25H28N8O2. The van der Waals surface area contributed by atoms with Crippen LogP contribution in [-0.2, 0) is 11.8 Å². The van der Waals surface area contributed by atoms with E-state index in [0.29, 0.717) is 40.7 Å². The van der Waals surface area contributed by atoms with Gasteiger partial charge in [-0.1, -0.05) is 6.92 Å². The molecule has 0 saturated carbocycles.